The predicted molar refractivity (Wildman–Crippen MR) is 90.0 cm³/mol. The van der Waals surface area contributed by atoms with Gasteiger partial charge in [-0.1, -0.05) is 12.8 Å². The van der Waals surface area contributed by atoms with Crippen molar-refractivity contribution in [2.45, 2.75) is 90.3 Å². The molecule has 4 nitrogen and oxygen atoms in total. The largest absolute Gasteiger partial charge is 0.444 e. The third kappa shape index (κ3) is 5.15. The molecule has 2 aliphatic rings. The fourth-order valence-electron chi connectivity index (χ4n) is 3.72. The molecule has 1 aliphatic carbocycles. The van der Waals surface area contributed by atoms with E-state index < -0.39 is 5.60 Å². The lowest BCUT2D eigenvalue weighted by atomic mass is 9.98. The van der Waals surface area contributed by atoms with E-state index >= 15 is 0 Å². The van der Waals surface area contributed by atoms with E-state index in [4.69, 9.17) is 4.74 Å². The number of nitrogens with zero attached hydrogens (tertiary/aromatic N) is 1. The number of ether oxygens (including phenoxy) is 1. The minimum atomic E-state index is -0.413. The van der Waals surface area contributed by atoms with Crippen LogP contribution in [0.3, 0.4) is 0 Å². The maximum atomic E-state index is 12.4. The third-order valence-corrected chi connectivity index (χ3v) is 5.04. The summed E-state index contributed by atoms with van der Waals surface area (Å²) in [7, 11) is 0. The van der Waals surface area contributed by atoms with Crippen LogP contribution < -0.4 is 5.32 Å². The summed E-state index contributed by atoms with van der Waals surface area (Å²) < 4.78 is 5.57. The van der Waals surface area contributed by atoms with Crippen LogP contribution in [0.2, 0.25) is 0 Å². The van der Waals surface area contributed by atoms with E-state index in [-0.39, 0.29) is 12.1 Å². The smallest absolute Gasteiger partial charge is 0.410 e. The molecule has 1 amide bonds. The van der Waals surface area contributed by atoms with Crippen LogP contribution in [-0.4, -0.2) is 41.8 Å². The number of carbonyl (C=O) groups excluding carboxylic acids is 1. The van der Waals surface area contributed by atoms with E-state index in [9.17, 15) is 4.79 Å². The summed E-state index contributed by atoms with van der Waals surface area (Å²) in [5.41, 5.74) is -0.413. The molecule has 0 aromatic carbocycles. The summed E-state index contributed by atoms with van der Waals surface area (Å²) in [6, 6.07) is 0.845. The lowest BCUT2D eigenvalue weighted by Crippen LogP contribution is -2.51. The molecule has 22 heavy (non-hydrogen) atoms. The van der Waals surface area contributed by atoms with Gasteiger partial charge in [-0.25, -0.2) is 4.79 Å². The molecule has 1 aliphatic heterocycles. The molecule has 2 atom stereocenters. The Morgan fingerprint density at radius 3 is 2.45 bits per heavy atom. The van der Waals surface area contributed by atoms with Gasteiger partial charge in [-0.15, -0.1) is 0 Å². The first kappa shape index (κ1) is 17.6. The highest BCUT2D eigenvalue weighted by molar-refractivity contribution is 5.68. The molecule has 0 radical (unpaired) electrons. The van der Waals surface area contributed by atoms with Crippen molar-refractivity contribution < 1.29 is 9.53 Å². The van der Waals surface area contributed by atoms with Crippen LogP contribution in [0.1, 0.15) is 72.6 Å². The molecular formula is C18H34N2O2. The molecule has 0 bridgehead atoms. The second-order valence-corrected chi connectivity index (χ2v) is 8.06. The van der Waals surface area contributed by atoms with Crippen LogP contribution in [0.5, 0.6) is 0 Å². The minimum absolute atomic E-state index is 0.146. The fraction of sp³-hybridized carbons (Fsp3) is 0.944. The van der Waals surface area contributed by atoms with Crippen LogP contribution >= 0.6 is 0 Å². The summed E-state index contributed by atoms with van der Waals surface area (Å²) in [5.74, 6) is 0.818. The number of nitrogens with one attached hydrogen (secondary N) is 1. The Kier molecular flexibility index (Phi) is 6.13. The quantitative estimate of drug-likeness (QED) is 0.855. The Morgan fingerprint density at radius 2 is 1.82 bits per heavy atom. The van der Waals surface area contributed by atoms with E-state index in [0.29, 0.717) is 6.04 Å². The highest BCUT2D eigenvalue weighted by Crippen LogP contribution is 2.28. The van der Waals surface area contributed by atoms with Crippen molar-refractivity contribution in [2.24, 2.45) is 5.92 Å². The van der Waals surface area contributed by atoms with Gasteiger partial charge in [-0.3, -0.25) is 0 Å². The van der Waals surface area contributed by atoms with E-state index in [1.54, 1.807) is 0 Å². The Morgan fingerprint density at radius 1 is 1.18 bits per heavy atom. The minimum Gasteiger partial charge on any atom is -0.444 e. The van der Waals surface area contributed by atoms with Gasteiger partial charge < -0.3 is 15.0 Å². The van der Waals surface area contributed by atoms with Crippen LogP contribution in [0.15, 0.2) is 0 Å². The monoisotopic (exact) mass is 310 g/mol. The van der Waals surface area contributed by atoms with Gasteiger partial charge in [0.15, 0.2) is 0 Å². The molecule has 128 valence electrons. The predicted octanol–water partition coefficient (Wildman–Crippen LogP) is 3.94. The molecule has 1 saturated carbocycles. The van der Waals surface area contributed by atoms with Crippen molar-refractivity contribution in [1.82, 2.24) is 10.2 Å². The van der Waals surface area contributed by atoms with E-state index in [0.717, 1.165) is 31.8 Å². The fourth-order valence-corrected chi connectivity index (χ4v) is 3.72. The Balaban J connectivity index is 1.85. The number of likely N-dealkylation sites (tertiary alicyclic amines) is 1. The molecule has 1 heterocycles. The second kappa shape index (κ2) is 7.67. The lowest BCUT2D eigenvalue weighted by molar-refractivity contribution is 0.00952. The normalized spacial score (nSPS) is 25.3. The average molecular weight is 310 g/mol. The first-order valence-corrected chi connectivity index (χ1v) is 9.10. The summed E-state index contributed by atoms with van der Waals surface area (Å²) in [6.45, 7) is 9.84. The number of hydrogen-bond donors (Lipinski definition) is 1. The summed E-state index contributed by atoms with van der Waals surface area (Å²) >= 11 is 0. The van der Waals surface area contributed by atoms with E-state index in [1.807, 2.05) is 25.7 Å². The third-order valence-electron chi connectivity index (χ3n) is 5.04. The number of carbonyl (C=O) groups is 1. The van der Waals surface area contributed by atoms with Gasteiger partial charge in [0, 0.05) is 25.2 Å². The zero-order valence-electron chi connectivity index (χ0n) is 14.9. The van der Waals surface area contributed by atoms with Crippen molar-refractivity contribution >= 4 is 6.09 Å². The SMILES string of the molecule is CC(NCC1CCCCN1C(=O)OC(C)(C)C)C1CCCC1. The number of rotatable bonds is 4. The van der Waals surface area contributed by atoms with Gasteiger partial charge >= 0.3 is 6.09 Å². The molecule has 1 N–H and O–H groups in total. The molecule has 0 aromatic rings. The number of hydrogen-bond acceptors (Lipinski definition) is 3. The van der Waals surface area contributed by atoms with Gasteiger partial charge in [0.1, 0.15) is 5.60 Å². The van der Waals surface area contributed by atoms with Crippen LogP contribution in [-0.2, 0) is 4.74 Å². The van der Waals surface area contributed by atoms with Crippen molar-refractivity contribution in [3.05, 3.63) is 0 Å². The first-order valence-electron chi connectivity index (χ1n) is 9.10. The summed E-state index contributed by atoms with van der Waals surface area (Å²) in [5, 5.41) is 3.69. The molecule has 2 rings (SSSR count). The highest BCUT2D eigenvalue weighted by atomic mass is 16.6. The zero-order chi connectivity index (χ0) is 16.2. The first-order chi connectivity index (χ1) is 10.4. The second-order valence-electron chi connectivity index (χ2n) is 8.06. The number of piperidine rings is 1. The summed E-state index contributed by atoms with van der Waals surface area (Å²) in [6.07, 6.45) is 8.71. The lowest BCUT2D eigenvalue weighted by Gasteiger charge is -2.37. The molecule has 0 aromatic heterocycles. The van der Waals surface area contributed by atoms with Crippen molar-refractivity contribution in [1.29, 1.82) is 0 Å². The van der Waals surface area contributed by atoms with Gasteiger partial charge in [-0.2, -0.15) is 0 Å². The van der Waals surface area contributed by atoms with E-state index in [2.05, 4.69) is 12.2 Å². The van der Waals surface area contributed by atoms with Gasteiger partial charge in [-0.05, 0) is 65.7 Å². The standard InChI is InChI=1S/C18H34N2O2/c1-14(15-9-5-6-10-15)19-13-16-11-7-8-12-20(16)17(21)22-18(2,3)4/h14-16,19H,5-13H2,1-4H3. The van der Waals surface area contributed by atoms with Crippen LogP contribution in [0, 0.1) is 5.92 Å². The molecule has 1 saturated heterocycles. The molecule has 4 heteroatoms. The van der Waals surface area contributed by atoms with Crippen LogP contribution in [0.25, 0.3) is 0 Å². The Bertz CT molecular complexity index is 359. The van der Waals surface area contributed by atoms with Crippen molar-refractivity contribution in [3.63, 3.8) is 0 Å². The maximum absolute atomic E-state index is 12.4. The summed E-state index contributed by atoms with van der Waals surface area (Å²) in [4.78, 5) is 14.3. The van der Waals surface area contributed by atoms with Crippen molar-refractivity contribution in [2.75, 3.05) is 13.1 Å². The Hall–Kier alpha value is -0.770. The highest BCUT2D eigenvalue weighted by Gasteiger charge is 2.31. The number of amides is 1. The molecule has 2 fully saturated rings. The van der Waals surface area contributed by atoms with E-state index in [1.165, 1.54) is 32.1 Å². The van der Waals surface area contributed by atoms with Gasteiger partial charge in [0.05, 0.1) is 0 Å². The molecule has 0 spiro atoms. The topological polar surface area (TPSA) is 41.6 Å². The van der Waals surface area contributed by atoms with Crippen molar-refractivity contribution in [3.8, 4) is 0 Å². The van der Waals surface area contributed by atoms with Gasteiger partial charge in [0.2, 0.25) is 0 Å². The molecule has 2 unspecified atom stereocenters. The zero-order valence-corrected chi connectivity index (χ0v) is 14.9. The maximum Gasteiger partial charge on any atom is 0.410 e. The average Bonchev–Trinajstić information content (AvgIpc) is 2.97. The van der Waals surface area contributed by atoms with Gasteiger partial charge in [0.25, 0.3) is 0 Å². The Labute approximate surface area is 136 Å². The molecular weight excluding hydrogens is 276 g/mol. The van der Waals surface area contributed by atoms with Crippen LogP contribution in [0.4, 0.5) is 4.79 Å².